The largest absolute Gasteiger partial charge is 0.486 e. The molecule has 28 heavy (non-hydrogen) atoms. The van der Waals surface area contributed by atoms with Gasteiger partial charge < -0.3 is 19.7 Å². The number of nitrogens with zero attached hydrogens (tertiary/aromatic N) is 1. The summed E-state index contributed by atoms with van der Waals surface area (Å²) in [5, 5.41) is 3.01. The molecule has 1 N–H and O–H groups in total. The number of carbonyl (C=O) groups is 2. The lowest BCUT2D eigenvalue weighted by atomic mass is 9.81. The summed E-state index contributed by atoms with van der Waals surface area (Å²) in [6.07, 6.45) is 7.90. The number of nitrogens with one attached hydrogen (secondary N) is 1. The van der Waals surface area contributed by atoms with Gasteiger partial charge in [0.1, 0.15) is 13.2 Å². The third kappa shape index (κ3) is 4.42. The van der Waals surface area contributed by atoms with Gasteiger partial charge in [-0.05, 0) is 50.7 Å². The van der Waals surface area contributed by atoms with Crippen molar-refractivity contribution in [1.29, 1.82) is 0 Å². The van der Waals surface area contributed by atoms with E-state index in [2.05, 4.69) is 10.2 Å². The van der Waals surface area contributed by atoms with Crippen molar-refractivity contribution in [2.75, 3.05) is 31.6 Å². The van der Waals surface area contributed by atoms with Crippen molar-refractivity contribution in [2.45, 2.75) is 51.4 Å². The topological polar surface area (TPSA) is 67.9 Å². The highest BCUT2D eigenvalue weighted by atomic mass is 16.6. The van der Waals surface area contributed by atoms with Crippen LogP contribution in [0.4, 0.5) is 5.69 Å². The molecule has 6 heteroatoms. The summed E-state index contributed by atoms with van der Waals surface area (Å²) in [5.74, 6) is 1.82. The van der Waals surface area contributed by atoms with Crippen LogP contribution in [0.15, 0.2) is 18.2 Å². The van der Waals surface area contributed by atoms with Gasteiger partial charge in [0, 0.05) is 36.7 Å². The van der Waals surface area contributed by atoms with Gasteiger partial charge in [-0.2, -0.15) is 0 Å². The molecule has 0 atom stereocenters. The zero-order valence-corrected chi connectivity index (χ0v) is 16.5. The zero-order valence-electron chi connectivity index (χ0n) is 16.5. The van der Waals surface area contributed by atoms with Crippen molar-refractivity contribution in [3.05, 3.63) is 18.2 Å². The van der Waals surface area contributed by atoms with Crippen LogP contribution in [0, 0.1) is 11.8 Å². The van der Waals surface area contributed by atoms with Crippen LogP contribution in [0.5, 0.6) is 11.5 Å². The summed E-state index contributed by atoms with van der Waals surface area (Å²) in [4.78, 5) is 27.6. The van der Waals surface area contributed by atoms with E-state index in [0.717, 1.165) is 63.1 Å². The second kappa shape index (κ2) is 8.84. The number of carbonyl (C=O) groups excluding carboxylic acids is 2. The molecule has 3 aliphatic rings. The van der Waals surface area contributed by atoms with Gasteiger partial charge >= 0.3 is 0 Å². The van der Waals surface area contributed by atoms with Crippen molar-refractivity contribution >= 4 is 17.5 Å². The number of anilines is 1. The molecule has 0 spiro atoms. The van der Waals surface area contributed by atoms with Crippen molar-refractivity contribution in [3.8, 4) is 11.5 Å². The van der Waals surface area contributed by atoms with Crippen LogP contribution >= 0.6 is 0 Å². The lowest BCUT2D eigenvalue weighted by molar-refractivity contribution is -0.137. The lowest BCUT2D eigenvalue weighted by Gasteiger charge is -2.31. The van der Waals surface area contributed by atoms with Crippen molar-refractivity contribution in [1.82, 2.24) is 4.90 Å². The third-order valence-corrected chi connectivity index (χ3v) is 6.17. The highest BCUT2D eigenvalue weighted by molar-refractivity contribution is 5.93. The Hall–Kier alpha value is -2.24. The molecule has 4 rings (SSSR count). The van der Waals surface area contributed by atoms with E-state index in [0.29, 0.717) is 24.9 Å². The first-order valence-corrected chi connectivity index (χ1v) is 10.7. The number of benzene rings is 1. The third-order valence-electron chi connectivity index (χ3n) is 6.17. The van der Waals surface area contributed by atoms with Crippen LogP contribution in [-0.2, 0) is 9.59 Å². The van der Waals surface area contributed by atoms with E-state index in [9.17, 15) is 9.59 Å². The van der Waals surface area contributed by atoms with E-state index in [-0.39, 0.29) is 17.7 Å². The molecule has 0 aromatic heterocycles. The average molecular weight is 386 g/mol. The standard InChI is InChI=1S/C22H30N2O4/c25-21(23-18-9-10-19-20(15-18)28-14-13-27-19)16-5-7-17(8-6-16)22(26)24-11-3-1-2-4-12-24/h9-10,15-17H,1-8,11-14H2,(H,23,25). The van der Waals surface area contributed by atoms with Crippen LogP contribution in [0.25, 0.3) is 0 Å². The Bertz CT molecular complexity index is 704. The molecule has 1 aromatic rings. The van der Waals surface area contributed by atoms with E-state index in [1.807, 2.05) is 18.2 Å². The number of amides is 2. The SMILES string of the molecule is O=C(Nc1ccc2c(c1)OCCO2)C1CCC(C(=O)N2CCCCCC2)CC1. The molecule has 2 amide bonds. The van der Waals surface area contributed by atoms with E-state index in [1.54, 1.807) is 0 Å². The summed E-state index contributed by atoms with van der Waals surface area (Å²) in [6.45, 7) is 2.89. The van der Waals surface area contributed by atoms with Gasteiger partial charge in [-0.15, -0.1) is 0 Å². The van der Waals surface area contributed by atoms with Crippen LogP contribution in [0.2, 0.25) is 0 Å². The van der Waals surface area contributed by atoms with Crippen molar-refractivity contribution in [3.63, 3.8) is 0 Å². The van der Waals surface area contributed by atoms with Crippen molar-refractivity contribution < 1.29 is 19.1 Å². The molecule has 152 valence electrons. The number of fused-ring (bicyclic) bond motifs is 1. The molecule has 1 aliphatic carbocycles. The fourth-order valence-corrected chi connectivity index (χ4v) is 4.52. The minimum Gasteiger partial charge on any atom is -0.486 e. The molecule has 0 radical (unpaired) electrons. The number of rotatable bonds is 3. The summed E-state index contributed by atoms with van der Waals surface area (Å²) < 4.78 is 11.1. The Labute approximate surface area is 166 Å². The molecule has 0 bridgehead atoms. The average Bonchev–Trinajstić information content (AvgIpc) is 3.03. The van der Waals surface area contributed by atoms with Gasteiger partial charge in [-0.1, -0.05) is 12.8 Å². The van der Waals surface area contributed by atoms with E-state index in [4.69, 9.17) is 9.47 Å². The number of hydrogen-bond donors (Lipinski definition) is 1. The Morgan fingerprint density at radius 1 is 0.857 bits per heavy atom. The fourth-order valence-electron chi connectivity index (χ4n) is 4.52. The van der Waals surface area contributed by atoms with Crippen LogP contribution < -0.4 is 14.8 Å². The van der Waals surface area contributed by atoms with Crippen LogP contribution in [0.1, 0.15) is 51.4 Å². The summed E-state index contributed by atoms with van der Waals surface area (Å²) in [6, 6.07) is 5.50. The predicted octanol–water partition coefficient (Wildman–Crippen LogP) is 3.61. The van der Waals surface area contributed by atoms with Gasteiger partial charge in [-0.25, -0.2) is 0 Å². The Kier molecular flexibility index (Phi) is 6.03. The van der Waals surface area contributed by atoms with Gasteiger partial charge in [0.15, 0.2) is 11.5 Å². The Morgan fingerprint density at radius 3 is 2.21 bits per heavy atom. The first-order valence-electron chi connectivity index (χ1n) is 10.7. The van der Waals surface area contributed by atoms with E-state index < -0.39 is 0 Å². The maximum absolute atomic E-state index is 12.8. The highest BCUT2D eigenvalue weighted by Crippen LogP contribution is 2.34. The minimum atomic E-state index is -0.0265. The molecular weight excluding hydrogens is 356 g/mol. The summed E-state index contributed by atoms with van der Waals surface area (Å²) >= 11 is 0. The van der Waals surface area contributed by atoms with Crippen LogP contribution in [-0.4, -0.2) is 43.0 Å². The smallest absolute Gasteiger partial charge is 0.227 e. The quantitative estimate of drug-likeness (QED) is 0.862. The highest BCUT2D eigenvalue weighted by Gasteiger charge is 2.32. The normalized spacial score (nSPS) is 24.9. The molecular formula is C22H30N2O4. The molecule has 0 unspecified atom stereocenters. The molecule has 2 aliphatic heterocycles. The minimum absolute atomic E-state index is 0.0265. The molecule has 1 saturated heterocycles. The maximum Gasteiger partial charge on any atom is 0.227 e. The number of ether oxygens (including phenoxy) is 2. The summed E-state index contributed by atoms with van der Waals surface area (Å²) in [7, 11) is 0. The first-order chi connectivity index (χ1) is 13.7. The lowest BCUT2D eigenvalue weighted by Crippen LogP contribution is -2.39. The van der Waals surface area contributed by atoms with Crippen molar-refractivity contribution in [2.24, 2.45) is 11.8 Å². The Balaban J connectivity index is 1.28. The van der Waals surface area contributed by atoms with E-state index in [1.165, 1.54) is 12.8 Å². The monoisotopic (exact) mass is 386 g/mol. The Morgan fingerprint density at radius 2 is 1.50 bits per heavy atom. The number of likely N-dealkylation sites (tertiary alicyclic amines) is 1. The predicted molar refractivity (Wildman–Crippen MR) is 107 cm³/mol. The number of hydrogen-bond acceptors (Lipinski definition) is 4. The molecule has 2 fully saturated rings. The molecule has 1 saturated carbocycles. The maximum atomic E-state index is 12.8. The van der Waals surface area contributed by atoms with E-state index >= 15 is 0 Å². The van der Waals surface area contributed by atoms with Gasteiger partial charge in [0.25, 0.3) is 0 Å². The molecule has 6 nitrogen and oxygen atoms in total. The molecule has 1 aromatic carbocycles. The van der Waals surface area contributed by atoms with Gasteiger partial charge in [0.2, 0.25) is 11.8 Å². The second-order valence-corrected chi connectivity index (χ2v) is 8.14. The van der Waals surface area contributed by atoms with Gasteiger partial charge in [-0.3, -0.25) is 9.59 Å². The van der Waals surface area contributed by atoms with Crippen LogP contribution in [0.3, 0.4) is 0 Å². The summed E-state index contributed by atoms with van der Waals surface area (Å²) in [5.41, 5.74) is 0.733. The zero-order chi connectivity index (χ0) is 19.3. The first kappa shape index (κ1) is 19.1. The fraction of sp³-hybridized carbons (Fsp3) is 0.636. The van der Waals surface area contributed by atoms with Gasteiger partial charge in [0.05, 0.1) is 0 Å². The molecule has 2 heterocycles. The second-order valence-electron chi connectivity index (χ2n) is 8.14.